The first-order valence-electron chi connectivity index (χ1n) is 9.82. The minimum absolute atomic E-state index is 0.0254. The summed E-state index contributed by atoms with van der Waals surface area (Å²) in [5.41, 5.74) is 1.82. The Bertz CT molecular complexity index is 1410. The fourth-order valence-electron chi connectivity index (χ4n) is 3.50. The number of benzene rings is 3. The Morgan fingerprint density at radius 1 is 1.03 bits per heavy atom. The van der Waals surface area contributed by atoms with Gasteiger partial charge >= 0.3 is 0 Å². The number of hydrogen-bond donors (Lipinski definition) is 1. The normalized spacial score (nSPS) is 10.8. The number of nitriles is 1. The predicted molar refractivity (Wildman–Crippen MR) is 128 cm³/mol. The summed E-state index contributed by atoms with van der Waals surface area (Å²) in [6, 6.07) is 12.2. The van der Waals surface area contributed by atoms with Crippen LogP contribution in [-0.4, -0.2) is 31.7 Å². The predicted octanol–water partition coefficient (Wildman–Crippen LogP) is 6.43. The Morgan fingerprint density at radius 3 is 2.45 bits per heavy atom. The monoisotopic (exact) mass is 485 g/mol. The van der Waals surface area contributed by atoms with E-state index in [9.17, 15) is 9.65 Å². The van der Waals surface area contributed by atoms with E-state index in [0.717, 1.165) is 16.8 Å². The molecule has 1 heterocycles. The lowest BCUT2D eigenvalue weighted by molar-refractivity contribution is 0.313. The van der Waals surface area contributed by atoms with E-state index in [4.69, 9.17) is 37.4 Å². The third-order valence-electron chi connectivity index (χ3n) is 5.07. The second-order valence-corrected chi connectivity index (χ2v) is 7.79. The van der Waals surface area contributed by atoms with E-state index in [2.05, 4.69) is 16.4 Å². The van der Waals surface area contributed by atoms with E-state index in [-0.39, 0.29) is 10.8 Å². The molecular formula is C24H18Cl2FN3O3. The van der Waals surface area contributed by atoms with Gasteiger partial charge in [0.1, 0.15) is 12.7 Å². The molecule has 1 aromatic heterocycles. The Hall–Kier alpha value is -3.47. The molecule has 0 aliphatic heterocycles. The molecule has 0 amide bonds. The molecule has 0 unspecified atom stereocenters. The summed E-state index contributed by atoms with van der Waals surface area (Å²) in [5, 5.41) is 15.4. The Kier molecular flexibility index (Phi) is 6.59. The van der Waals surface area contributed by atoms with E-state index in [1.807, 2.05) is 24.3 Å². The zero-order valence-corrected chi connectivity index (χ0v) is 19.2. The van der Waals surface area contributed by atoms with E-state index >= 15 is 0 Å². The summed E-state index contributed by atoms with van der Waals surface area (Å²) < 4.78 is 30.2. The van der Waals surface area contributed by atoms with Crippen molar-refractivity contribution in [3.05, 3.63) is 59.0 Å². The van der Waals surface area contributed by atoms with Crippen LogP contribution in [0, 0.1) is 17.1 Å². The number of nitrogens with one attached hydrogen (secondary N) is 1. The van der Waals surface area contributed by atoms with Crippen molar-refractivity contribution in [2.24, 2.45) is 0 Å². The zero-order chi connectivity index (χ0) is 23.5. The molecule has 9 heteroatoms. The molecule has 0 aliphatic carbocycles. The molecule has 4 rings (SSSR count). The number of hydrogen-bond acceptors (Lipinski definition) is 6. The van der Waals surface area contributed by atoms with Gasteiger partial charge in [-0.1, -0.05) is 11.6 Å². The summed E-state index contributed by atoms with van der Waals surface area (Å²) in [5.74, 6) is 0.902. The SMILES string of the molecule is COc1cc(Nc2c(C#N)cnc3cc4cc(OC)c(OCCCl)cc4cc23)c(Cl)cc1F. The minimum Gasteiger partial charge on any atom is -0.494 e. The molecule has 6 nitrogen and oxygen atoms in total. The maximum atomic E-state index is 14.0. The number of halogens is 3. The van der Waals surface area contributed by atoms with Crippen molar-refractivity contribution in [3.8, 4) is 23.3 Å². The van der Waals surface area contributed by atoms with Crippen LogP contribution in [0.1, 0.15) is 5.56 Å². The number of nitrogens with zero attached hydrogens (tertiary/aromatic N) is 2. The number of aromatic nitrogens is 1. The van der Waals surface area contributed by atoms with Gasteiger partial charge in [0.05, 0.1) is 47.6 Å². The van der Waals surface area contributed by atoms with Gasteiger partial charge in [-0.2, -0.15) is 5.26 Å². The second-order valence-electron chi connectivity index (χ2n) is 7.01. The Morgan fingerprint density at radius 2 is 1.76 bits per heavy atom. The van der Waals surface area contributed by atoms with Crippen molar-refractivity contribution in [1.82, 2.24) is 4.98 Å². The highest BCUT2D eigenvalue weighted by Gasteiger charge is 2.16. The van der Waals surface area contributed by atoms with Crippen molar-refractivity contribution in [2.45, 2.75) is 0 Å². The van der Waals surface area contributed by atoms with Crippen LogP contribution in [0.2, 0.25) is 5.02 Å². The molecule has 0 atom stereocenters. The summed E-state index contributed by atoms with van der Waals surface area (Å²) in [4.78, 5) is 4.43. The molecule has 0 spiro atoms. The molecule has 33 heavy (non-hydrogen) atoms. The van der Waals surface area contributed by atoms with Crippen molar-refractivity contribution < 1.29 is 18.6 Å². The largest absolute Gasteiger partial charge is 0.494 e. The average molecular weight is 486 g/mol. The fourth-order valence-corrected chi connectivity index (χ4v) is 3.78. The van der Waals surface area contributed by atoms with Gasteiger partial charge in [-0.25, -0.2) is 4.39 Å². The lowest BCUT2D eigenvalue weighted by atomic mass is 10.0. The maximum absolute atomic E-state index is 14.0. The maximum Gasteiger partial charge on any atom is 0.166 e. The lowest BCUT2D eigenvalue weighted by Crippen LogP contribution is -2.01. The van der Waals surface area contributed by atoms with Gasteiger partial charge in [0, 0.05) is 17.6 Å². The van der Waals surface area contributed by atoms with Gasteiger partial charge in [0.2, 0.25) is 0 Å². The van der Waals surface area contributed by atoms with E-state index < -0.39 is 5.82 Å². The molecule has 0 bridgehead atoms. The molecule has 0 saturated heterocycles. The summed E-state index contributed by atoms with van der Waals surface area (Å²) in [6.07, 6.45) is 1.47. The van der Waals surface area contributed by atoms with Crippen LogP contribution in [0.5, 0.6) is 17.2 Å². The number of rotatable bonds is 7. The Balaban J connectivity index is 1.91. The number of pyridine rings is 1. The molecule has 1 N–H and O–H groups in total. The van der Waals surface area contributed by atoms with E-state index in [1.54, 1.807) is 7.11 Å². The topological polar surface area (TPSA) is 76.4 Å². The second kappa shape index (κ2) is 9.57. The van der Waals surface area contributed by atoms with Crippen molar-refractivity contribution >= 4 is 56.3 Å². The molecule has 3 aromatic carbocycles. The van der Waals surface area contributed by atoms with Crippen LogP contribution in [0.15, 0.2) is 42.6 Å². The first-order chi connectivity index (χ1) is 16.0. The molecule has 0 aliphatic rings. The first-order valence-corrected chi connectivity index (χ1v) is 10.7. The highest BCUT2D eigenvalue weighted by atomic mass is 35.5. The van der Waals surface area contributed by atoms with Gasteiger partial charge in [-0.15, -0.1) is 11.6 Å². The molecular weight excluding hydrogens is 468 g/mol. The van der Waals surface area contributed by atoms with E-state index in [1.165, 1.54) is 19.4 Å². The quantitative estimate of drug-likeness (QED) is 0.240. The number of fused-ring (bicyclic) bond motifs is 2. The van der Waals surface area contributed by atoms with Gasteiger partial charge in [-0.3, -0.25) is 4.98 Å². The van der Waals surface area contributed by atoms with Crippen LogP contribution < -0.4 is 19.5 Å². The third-order valence-corrected chi connectivity index (χ3v) is 5.53. The first kappa shape index (κ1) is 22.7. The van der Waals surface area contributed by atoms with Gasteiger partial charge < -0.3 is 19.5 Å². The molecule has 0 saturated carbocycles. The zero-order valence-electron chi connectivity index (χ0n) is 17.7. The molecule has 4 aromatic rings. The summed E-state index contributed by atoms with van der Waals surface area (Å²) >= 11 is 12.0. The summed E-state index contributed by atoms with van der Waals surface area (Å²) in [7, 11) is 2.93. The van der Waals surface area contributed by atoms with Crippen LogP contribution in [0.25, 0.3) is 21.7 Å². The van der Waals surface area contributed by atoms with Crippen LogP contribution >= 0.6 is 23.2 Å². The lowest BCUT2D eigenvalue weighted by Gasteiger charge is -2.16. The smallest absolute Gasteiger partial charge is 0.166 e. The number of alkyl halides is 1. The van der Waals surface area contributed by atoms with Crippen LogP contribution in [-0.2, 0) is 0 Å². The van der Waals surface area contributed by atoms with E-state index in [0.29, 0.717) is 51.8 Å². The Labute approximate surface area is 199 Å². The van der Waals surface area contributed by atoms with Crippen LogP contribution in [0.3, 0.4) is 0 Å². The van der Waals surface area contributed by atoms with Crippen molar-refractivity contribution in [3.63, 3.8) is 0 Å². The van der Waals surface area contributed by atoms with Gasteiger partial charge in [0.15, 0.2) is 23.1 Å². The minimum atomic E-state index is -0.586. The number of ether oxygens (including phenoxy) is 3. The summed E-state index contributed by atoms with van der Waals surface area (Å²) in [6.45, 7) is 0.328. The molecule has 0 fully saturated rings. The van der Waals surface area contributed by atoms with Gasteiger partial charge in [-0.05, 0) is 41.1 Å². The highest BCUT2D eigenvalue weighted by molar-refractivity contribution is 6.33. The number of methoxy groups -OCH3 is 2. The average Bonchev–Trinajstić information content (AvgIpc) is 2.82. The van der Waals surface area contributed by atoms with Crippen molar-refractivity contribution in [1.29, 1.82) is 5.26 Å². The van der Waals surface area contributed by atoms with Gasteiger partial charge in [0.25, 0.3) is 0 Å². The molecule has 168 valence electrons. The van der Waals surface area contributed by atoms with Crippen LogP contribution in [0.4, 0.5) is 15.8 Å². The van der Waals surface area contributed by atoms with Crippen molar-refractivity contribution in [2.75, 3.05) is 32.0 Å². The highest BCUT2D eigenvalue weighted by Crippen LogP contribution is 2.39. The standard InChI is InChI=1S/C24H18Cl2FN3O3/c1-31-21-10-20(17(26)9-18(21)27)30-24-15(11-28)12-29-19-6-14-7-22(32-2)23(33-4-3-25)8-13(14)5-16(19)24/h5-10,12H,3-4H2,1-2H3,(H,29,30). The molecule has 0 radical (unpaired) electrons. The third kappa shape index (κ3) is 4.40. The number of anilines is 2. The fraction of sp³-hybridized carbons (Fsp3) is 0.167.